The number of aryl methyl sites for hydroxylation is 1. The fraction of sp³-hybridized carbons (Fsp3) is 0.267. The Morgan fingerprint density at radius 1 is 1.12 bits per heavy atom. The summed E-state index contributed by atoms with van der Waals surface area (Å²) in [6.07, 6.45) is 7.42. The standard InChI is InChI=1S/C15H16N2/c1-2-3-4-11-5-6-14-13(9-11)12-7-8-16-10-15(12)17-14/h5-10,17H,2-4H2,1H3. The number of nitrogens with one attached hydrogen (secondary N) is 1. The van der Waals surface area contributed by atoms with E-state index in [2.05, 4.69) is 41.2 Å². The molecule has 1 N–H and O–H groups in total. The highest BCUT2D eigenvalue weighted by atomic mass is 14.7. The maximum atomic E-state index is 4.15. The molecule has 2 heteroatoms. The Morgan fingerprint density at radius 2 is 2.06 bits per heavy atom. The number of nitrogens with zero attached hydrogens (tertiary/aromatic N) is 1. The van der Waals surface area contributed by atoms with Crippen molar-refractivity contribution in [3.8, 4) is 0 Å². The van der Waals surface area contributed by atoms with Gasteiger partial charge in [-0.05, 0) is 36.6 Å². The monoisotopic (exact) mass is 224 g/mol. The van der Waals surface area contributed by atoms with Crippen LogP contribution in [0.25, 0.3) is 21.8 Å². The third-order valence-corrected chi connectivity index (χ3v) is 3.28. The number of H-pyrrole nitrogens is 1. The van der Waals surface area contributed by atoms with Crippen LogP contribution < -0.4 is 0 Å². The fourth-order valence-corrected chi connectivity index (χ4v) is 2.33. The number of fused-ring (bicyclic) bond motifs is 3. The van der Waals surface area contributed by atoms with Crippen LogP contribution in [-0.4, -0.2) is 9.97 Å². The number of unbranched alkanes of at least 4 members (excludes halogenated alkanes) is 1. The molecule has 1 aromatic carbocycles. The summed E-state index contributed by atoms with van der Waals surface area (Å²) >= 11 is 0. The van der Waals surface area contributed by atoms with Gasteiger partial charge in [-0.15, -0.1) is 0 Å². The van der Waals surface area contributed by atoms with Gasteiger partial charge in [0.2, 0.25) is 0 Å². The van der Waals surface area contributed by atoms with Crippen molar-refractivity contribution >= 4 is 21.8 Å². The van der Waals surface area contributed by atoms with Crippen LogP contribution in [0.4, 0.5) is 0 Å². The van der Waals surface area contributed by atoms with Gasteiger partial charge >= 0.3 is 0 Å². The van der Waals surface area contributed by atoms with Crippen LogP contribution in [0.2, 0.25) is 0 Å². The highest BCUT2D eigenvalue weighted by molar-refractivity contribution is 6.06. The maximum Gasteiger partial charge on any atom is 0.0651 e. The Kier molecular flexibility index (Phi) is 2.56. The van der Waals surface area contributed by atoms with E-state index in [1.165, 1.54) is 41.1 Å². The molecule has 0 spiro atoms. The molecular formula is C15H16N2. The van der Waals surface area contributed by atoms with Crippen LogP contribution in [0.3, 0.4) is 0 Å². The molecule has 86 valence electrons. The largest absolute Gasteiger partial charge is 0.353 e. The SMILES string of the molecule is CCCCc1ccc2[nH]c3cnccc3c2c1. The predicted octanol–water partition coefficient (Wildman–Crippen LogP) is 4.06. The molecule has 0 unspecified atom stereocenters. The normalized spacial score (nSPS) is 11.4. The van der Waals surface area contributed by atoms with Crippen LogP contribution in [0.5, 0.6) is 0 Å². The van der Waals surface area contributed by atoms with E-state index in [4.69, 9.17) is 0 Å². The van der Waals surface area contributed by atoms with Crippen molar-refractivity contribution in [2.45, 2.75) is 26.2 Å². The van der Waals surface area contributed by atoms with Crippen molar-refractivity contribution in [3.05, 3.63) is 42.2 Å². The quantitative estimate of drug-likeness (QED) is 0.714. The molecule has 0 saturated heterocycles. The van der Waals surface area contributed by atoms with Gasteiger partial charge in [0, 0.05) is 22.5 Å². The van der Waals surface area contributed by atoms with Gasteiger partial charge in [0.15, 0.2) is 0 Å². The number of aromatic nitrogens is 2. The van der Waals surface area contributed by atoms with Crippen molar-refractivity contribution in [1.82, 2.24) is 9.97 Å². The summed E-state index contributed by atoms with van der Waals surface area (Å²) in [6.45, 7) is 2.23. The average Bonchev–Trinajstić information content (AvgIpc) is 2.74. The lowest BCUT2D eigenvalue weighted by molar-refractivity contribution is 0.796. The lowest BCUT2D eigenvalue weighted by Gasteiger charge is -2.00. The van der Waals surface area contributed by atoms with Crippen molar-refractivity contribution in [1.29, 1.82) is 0 Å². The second kappa shape index (κ2) is 4.21. The first-order valence-corrected chi connectivity index (χ1v) is 6.23. The van der Waals surface area contributed by atoms with Gasteiger partial charge in [-0.2, -0.15) is 0 Å². The van der Waals surface area contributed by atoms with E-state index >= 15 is 0 Å². The molecular weight excluding hydrogens is 208 g/mol. The van der Waals surface area contributed by atoms with Crippen LogP contribution in [-0.2, 0) is 6.42 Å². The van der Waals surface area contributed by atoms with Crippen LogP contribution in [0.1, 0.15) is 25.3 Å². The third kappa shape index (κ3) is 1.80. The third-order valence-electron chi connectivity index (χ3n) is 3.28. The van der Waals surface area contributed by atoms with Crippen molar-refractivity contribution < 1.29 is 0 Å². The van der Waals surface area contributed by atoms with E-state index in [1.807, 2.05) is 12.4 Å². The minimum absolute atomic E-state index is 1.12. The van der Waals surface area contributed by atoms with E-state index in [0.717, 1.165) is 5.52 Å². The summed E-state index contributed by atoms with van der Waals surface area (Å²) < 4.78 is 0. The topological polar surface area (TPSA) is 28.7 Å². The molecule has 0 saturated carbocycles. The minimum Gasteiger partial charge on any atom is -0.353 e. The summed E-state index contributed by atoms with van der Waals surface area (Å²) in [5, 5.41) is 2.59. The molecule has 3 rings (SSSR count). The Hall–Kier alpha value is -1.83. The first-order valence-electron chi connectivity index (χ1n) is 6.23. The van der Waals surface area contributed by atoms with Gasteiger partial charge in [-0.1, -0.05) is 19.4 Å². The molecule has 0 atom stereocenters. The number of benzene rings is 1. The summed E-state index contributed by atoms with van der Waals surface area (Å²) in [5.74, 6) is 0. The molecule has 2 aromatic heterocycles. The number of hydrogen-bond donors (Lipinski definition) is 1. The molecule has 2 nitrogen and oxygen atoms in total. The molecule has 2 heterocycles. The van der Waals surface area contributed by atoms with E-state index in [-0.39, 0.29) is 0 Å². The predicted molar refractivity (Wildman–Crippen MR) is 72.2 cm³/mol. The van der Waals surface area contributed by atoms with Crippen molar-refractivity contribution in [2.24, 2.45) is 0 Å². The molecule has 0 amide bonds. The molecule has 3 aromatic rings. The second-order valence-corrected chi connectivity index (χ2v) is 4.53. The van der Waals surface area contributed by atoms with Crippen molar-refractivity contribution in [2.75, 3.05) is 0 Å². The van der Waals surface area contributed by atoms with Gasteiger partial charge in [0.25, 0.3) is 0 Å². The highest BCUT2D eigenvalue weighted by Crippen LogP contribution is 2.25. The van der Waals surface area contributed by atoms with Crippen LogP contribution in [0.15, 0.2) is 36.7 Å². The smallest absolute Gasteiger partial charge is 0.0651 e. The summed E-state index contributed by atoms with van der Waals surface area (Å²) in [5.41, 5.74) is 3.75. The number of aromatic amines is 1. The molecule has 0 fully saturated rings. The average molecular weight is 224 g/mol. The number of hydrogen-bond acceptors (Lipinski definition) is 1. The lowest BCUT2D eigenvalue weighted by Crippen LogP contribution is -1.83. The maximum absolute atomic E-state index is 4.15. The van der Waals surface area contributed by atoms with E-state index in [1.54, 1.807) is 0 Å². The highest BCUT2D eigenvalue weighted by Gasteiger charge is 2.04. The second-order valence-electron chi connectivity index (χ2n) is 4.53. The molecule has 0 radical (unpaired) electrons. The lowest BCUT2D eigenvalue weighted by atomic mass is 10.1. The Bertz CT molecular complexity index is 652. The summed E-state index contributed by atoms with van der Waals surface area (Å²) in [7, 11) is 0. The molecule has 17 heavy (non-hydrogen) atoms. The van der Waals surface area contributed by atoms with Gasteiger partial charge in [-0.25, -0.2) is 0 Å². The zero-order valence-electron chi connectivity index (χ0n) is 10.0. The van der Waals surface area contributed by atoms with Crippen LogP contribution in [0, 0.1) is 0 Å². The van der Waals surface area contributed by atoms with Crippen molar-refractivity contribution in [3.63, 3.8) is 0 Å². The molecule has 0 aliphatic rings. The first-order chi connectivity index (χ1) is 8.38. The van der Waals surface area contributed by atoms with E-state index < -0.39 is 0 Å². The number of pyridine rings is 1. The first kappa shape index (κ1) is 10.3. The molecule has 0 aliphatic carbocycles. The summed E-state index contributed by atoms with van der Waals surface area (Å²) in [6, 6.07) is 8.79. The van der Waals surface area contributed by atoms with Gasteiger partial charge < -0.3 is 4.98 Å². The van der Waals surface area contributed by atoms with Gasteiger partial charge in [-0.3, -0.25) is 4.98 Å². The number of rotatable bonds is 3. The van der Waals surface area contributed by atoms with E-state index in [9.17, 15) is 0 Å². The minimum atomic E-state index is 1.12. The van der Waals surface area contributed by atoms with E-state index in [0.29, 0.717) is 0 Å². The Morgan fingerprint density at radius 3 is 2.94 bits per heavy atom. The Labute approximate surface area is 101 Å². The zero-order chi connectivity index (χ0) is 11.7. The van der Waals surface area contributed by atoms with Gasteiger partial charge in [0.1, 0.15) is 0 Å². The zero-order valence-corrected chi connectivity index (χ0v) is 10.0. The van der Waals surface area contributed by atoms with Crippen LogP contribution >= 0.6 is 0 Å². The molecule has 0 aliphatic heterocycles. The molecule has 0 bridgehead atoms. The Balaban J connectivity index is 2.16. The summed E-state index contributed by atoms with van der Waals surface area (Å²) in [4.78, 5) is 7.55. The van der Waals surface area contributed by atoms with Gasteiger partial charge in [0.05, 0.1) is 11.7 Å². The fourth-order valence-electron chi connectivity index (χ4n) is 2.33.